The maximum absolute atomic E-state index is 12.0. The molecule has 2 aromatic rings. The van der Waals surface area contributed by atoms with Crippen LogP contribution in [0.15, 0.2) is 29.6 Å². The van der Waals surface area contributed by atoms with Crippen LogP contribution in [0.5, 0.6) is 5.75 Å². The van der Waals surface area contributed by atoms with Gasteiger partial charge in [0, 0.05) is 17.1 Å². The van der Waals surface area contributed by atoms with Crippen LogP contribution in [-0.4, -0.2) is 24.1 Å². The third kappa shape index (κ3) is 2.89. The minimum Gasteiger partial charge on any atom is -0.496 e. The van der Waals surface area contributed by atoms with E-state index in [-0.39, 0.29) is 11.3 Å². The number of nitrogen functional groups attached to an aromatic ring is 1. The minimum atomic E-state index is -1.14. The van der Waals surface area contributed by atoms with E-state index < -0.39 is 11.9 Å². The maximum Gasteiger partial charge on any atom is 0.337 e. The van der Waals surface area contributed by atoms with E-state index >= 15 is 0 Å². The molecule has 0 unspecified atom stereocenters. The zero-order chi connectivity index (χ0) is 14.7. The summed E-state index contributed by atoms with van der Waals surface area (Å²) in [4.78, 5) is 23.5. The lowest BCUT2D eigenvalue weighted by atomic mass is 10.1. The first-order valence-electron chi connectivity index (χ1n) is 5.58. The Kier molecular flexibility index (Phi) is 3.90. The van der Waals surface area contributed by atoms with Crippen LogP contribution < -0.4 is 15.8 Å². The number of rotatable bonds is 4. The van der Waals surface area contributed by atoms with Crippen LogP contribution >= 0.6 is 11.3 Å². The average Bonchev–Trinajstić information content (AvgIpc) is 2.87. The number of ether oxygens (including phenoxy) is 1. The van der Waals surface area contributed by atoms with E-state index in [0.717, 1.165) is 0 Å². The molecule has 0 radical (unpaired) electrons. The molecule has 1 amide bonds. The molecule has 2 rings (SSSR count). The number of amides is 1. The van der Waals surface area contributed by atoms with Crippen molar-refractivity contribution in [1.82, 2.24) is 0 Å². The van der Waals surface area contributed by atoms with Gasteiger partial charge in [-0.25, -0.2) is 4.79 Å². The van der Waals surface area contributed by atoms with Crippen molar-refractivity contribution in [2.75, 3.05) is 18.2 Å². The Morgan fingerprint density at radius 2 is 2.10 bits per heavy atom. The Bertz CT molecular complexity index is 666. The quantitative estimate of drug-likeness (QED) is 0.750. The largest absolute Gasteiger partial charge is 0.496 e. The molecule has 0 bridgehead atoms. The molecule has 0 atom stereocenters. The third-order valence-corrected chi connectivity index (χ3v) is 3.46. The number of benzene rings is 1. The Morgan fingerprint density at radius 3 is 2.70 bits per heavy atom. The second kappa shape index (κ2) is 5.62. The van der Waals surface area contributed by atoms with Crippen molar-refractivity contribution in [3.8, 4) is 5.75 Å². The molecule has 7 heteroatoms. The van der Waals surface area contributed by atoms with Crippen LogP contribution in [0.25, 0.3) is 0 Å². The second-order valence-corrected chi connectivity index (χ2v) is 4.83. The normalized spacial score (nSPS) is 10.1. The van der Waals surface area contributed by atoms with Crippen LogP contribution in [0.2, 0.25) is 0 Å². The minimum absolute atomic E-state index is 0.0175. The molecule has 0 spiro atoms. The van der Waals surface area contributed by atoms with E-state index in [1.54, 1.807) is 11.4 Å². The first-order chi connectivity index (χ1) is 9.51. The Morgan fingerprint density at radius 1 is 1.35 bits per heavy atom. The van der Waals surface area contributed by atoms with Gasteiger partial charge in [0.05, 0.1) is 23.2 Å². The third-order valence-electron chi connectivity index (χ3n) is 2.56. The molecule has 20 heavy (non-hydrogen) atoms. The summed E-state index contributed by atoms with van der Waals surface area (Å²) in [5.74, 6) is -0.971. The maximum atomic E-state index is 12.0. The highest BCUT2D eigenvalue weighted by atomic mass is 32.1. The van der Waals surface area contributed by atoms with Gasteiger partial charge in [0.15, 0.2) is 0 Å². The standard InChI is InChI=1S/C13H12N2O4S/c1-19-8-5-11(20-6-8)12(16)15-10-4-7(14)2-3-9(10)13(17)18/h2-6H,14H2,1H3,(H,15,16)(H,17,18). The summed E-state index contributed by atoms with van der Waals surface area (Å²) in [5, 5.41) is 13.3. The number of aromatic carboxylic acids is 1. The molecule has 0 aliphatic carbocycles. The molecule has 0 fully saturated rings. The molecular weight excluding hydrogens is 280 g/mol. The number of carboxylic acid groups (broad SMARTS) is 1. The highest BCUT2D eigenvalue weighted by molar-refractivity contribution is 7.12. The topological polar surface area (TPSA) is 102 Å². The van der Waals surface area contributed by atoms with Crippen LogP contribution in [0.4, 0.5) is 11.4 Å². The van der Waals surface area contributed by atoms with E-state index in [4.69, 9.17) is 15.6 Å². The predicted molar refractivity (Wildman–Crippen MR) is 76.6 cm³/mol. The van der Waals surface area contributed by atoms with Gasteiger partial charge in [0.1, 0.15) is 5.75 Å². The number of methoxy groups -OCH3 is 1. The van der Waals surface area contributed by atoms with Crippen molar-refractivity contribution in [2.24, 2.45) is 0 Å². The summed E-state index contributed by atoms with van der Waals surface area (Å²) in [6.45, 7) is 0. The smallest absolute Gasteiger partial charge is 0.337 e. The van der Waals surface area contributed by atoms with Gasteiger partial charge in [0.25, 0.3) is 5.91 Å². The molecule has 4 N–H and O–H groups in total. The second-order valence-electron chi connectivity index (χ2n) is 3.92. The van der Waals surface area contributed by atoms with Gasteiger partial charge in [0.2, 0.25) is 0 Å². The van der Waals surface area contributed by atoms with Crippen molar-refractivity contribution in [3.63, 3.8) is 0 Å². The molecule has 1 aromatic heterocycles. The summed E-state index contributed by atoms with van der Waals surface area (Å²) in [6.07, 6.45) is 0. The fourth-order valence-corrected chi connectivity index (χ4v) is 2.33. The van der Waals surface area contributed by atoms with Gasteiger partial charge < -0.3 is 20.9 Å². The number of hydrogen-bond acceptors (Lipinski definition) is 5. The highest BCUT2D eigenvalue weighted by Gasteiger charge is 2.15. The Labute approximate surface area is 118 Å². The molecule has 0 saturated heterocycles. The SMILES string of the molecule is COc1csc(C(=O)Nc2cc(N)ccc2C(=O)O)c1. The van der Waals surface area contributed by atoms with Crippen LogP contribution in [0.3, 0.4) is 0 Å². The number of nitrogens with one attached hydrogen (secondary N) is 1. The molecule has 104 valence electrons. The number of carbonyl (C=O) groups is 2. The lowest BCUT2D eigenvalue weighted by molar-refractivity contribution is 0.0698. The number of hydrogen-bond donors (Lipinski definition) is 3. The number of carbonyl (C=O) groups excluding carboxylic acids is 1. The van der Waals surface area contributed by atoms with Gasteiger partial charge in [-0.05, 0) is 18.2 Å². The summed E-state index contributed by atoms with van der Waals surface area (Å²) in [5.41, 5.74) is 6.12. The molecule has 6 nitrogen and oxygen atoms in total. The van der Waals surface area contributed by atoms with Crippen LogP contribution in [0.1, 0.15) is 20.0 Å². The van der Waals surface area contributed by atoms with Gasteiger partial charge in [-0.3, -0.25) is 4.79 Å². The van der Waals surface area contributed by atoms with E-state index in [9.17, 15) is 9.59 Å². The number of anilines is 2. The van der Waals surface area contributed by atoms with E-state index in [1.165, 1.54) is 36.6 Å². The highest BCUT2D eigenvalue weighted by Crippen LogP contribution is 2.24. The summed E-state index contributed by atoms with van der Waals surface area (Å²) < 4.78 is 4.99. The predicted octanol–water partition coefficient (Wildman–Crippen LogP) is 2.29. The van der Waals surface area contributed by atoms with Crippen molar-refractivity contribution >= 4 is 34.6 Å². The molecule has 0 saturated carbocycles. The molecular formula is C13H12N2O4S. The molecule has 0 aliphatic rings. The first kappa shape index (κ1) is 13.9. The van der Waals surface area contributed by atoms with Crippen LogP contribution in [-0.2, 0) is 0 Å². The van der Waals surface area contributed by atoms with E-state index in [1.807, 2.05) is 0 Å². The summed E-state index contributed by atoms with van der Waals surface area (Å²) in [6, 6.07) is 5.80. The number of carboxylic acids is 1. The van der Waals surface area contributed by atoms with Crippen molar-refractivity contribution in [3.05, 3.63) is 40.1 Å². The average molecular weight is 292 g/mol. The van der Waals surface area contributed by atoms with E-state index in [2.05, 4.69) is 5.32 Å². The molecule has 1 heterocycles. The lowest BCUT2D eigenvalue weighted by Crippen LogP contribution is -2.14. The van der Waals surface area contributed by atoms with Crippen molar-refractivity contribution in [1.29, 1.82) is 0 Å². The fourth-order valence-electron chi connectivity index (χ4n) is 1.58. The molecule has 0 aliphatic heterocycles. The Balaban J connectivity index is 2.27. The van der Waals surface area contributed by atoms with Crippen LogP contribution in [0, 0.1) is 0 Å². The number of nitrogens with two attached hydrogens (primary N) is 1. The van der Waals surface area contributed by atoms with Gasteiger partial charge in [-0.15, -0.1) is 11.3 Å². The van der Waals surface area contributed by atoms with Crippen molar-refractivity contribution in [2.45, 2.75) is 0 Å². The van der Waals surface area contributed by atoms with E-state index in [0.29, 0.717) is 16.3 Å². The monoisotopic (exact) mass is 292 g/mol. The zero-order valence-corrected chi connectivity index (χ0v) is 11.4. The first-order valence-corrected chi connectivity index (χ1v) is 6.46. The van der Waals surface area contributed by atoms with Gasteiger partial charge in [-0.1, -0.05) is 0 Å². The fraction of sp³-hybridized carbons (Fsp3) is 0.0769. The summed E-state index contributed by atoms with van der Waals surface area (Å²) in [7, 11) is 1.50. The molecule has 1 aromatic carbocycles. The van der Waals surface area contributed by atoms with Gasteiger partial charge in [-0.2, -0.15) is 0 Å². The number of thiophene rings is 1. The lowest BCUT2D eigenvalue weighted by Gasteiger charge is -2.08. The Hall–Kier alpha value is -2.54. The van der Waals surface area contributed by atoms with Crippen molar-refractivity contribution < 1.29 is 19.4 Å². The van der Waals surface area contributed by atoms with Gasteiger partial charge >= 0.3 is 5.97 Å². The summed E-state index contributed by atoms with van der Waals surface area (Å²) >= 11 is 1.20. The zero-order valence-electron chi connectivity index (χ0n) is 10.5.